The minimum atomic E-state index is 0.342. The van der Waals surface area contributed by atoms with Crippen LogP contribution in [0, 0.1) is 11.8 Å². The van der Waals surface area contributed by atoms with Crippen LogP contribution < -0.4 is 0 Å². The van der Waals surface area contributed by atoms with Gasteiger partial charge in [-0.25, -0.2) is 15.0 Å². The number of aliphatic imine (C=N–C) groups is 3. The molecule has 0 saturated carbocycles. The van der Waals surface area contributed by atoms with Crippen molar-refractivity contribution in [2.75, 3.05) is 0 Å². The maximum Gasteiger partial charge on any atom is 0.0907 e. The van der Waals surface area contributed by atoms with E-state index >= 15 is 0 Å². The quantitative estimate of drug-likeness (QED) is 0.404. The summed E-state index contributed by atoms with van der Waals surface area (Å²) in [7, 11) is 0. The number of aliphatic hydroxyl groups is 1. The second kappa shape index (κ2) is 10.1. The monoisotopic (exact) mass is 478 g/mol. The van der Waals surface area contributed by atoms with Gasteiger partial charge >= 0.3 is 0 Å². The lowest BCUT2D eigenvalue weighted by Gasteiger charge is -2.18. The van der Waals surface area contributed by atoms with Gasteiger partial charge in [-0.3, -0.25) is 0 Å². The van der Waals surface area contributed by atoms with Crippen LogP contribution in [-0.4, -0.2) is 27.2 Å². The standard InChI is InChI=1S/C31H34N4O/c1-5-19(6-2)30-26-11-9-21(32-26)17-22-10-12-27(33-22)31(20(7-3)8-4)29-16-14-25(35-29)23(18-36)24-13-15-28(30)34-24/h9-20,32,36H,5-8H2,1-4H3/b22-17?,23-18+,30-28?,31-29?. The number of hydrogen-bond donors (Lipinski definition) is 2. The Morgan fingerprint density at radius 3 is 1.92 bits per heavy atom. The molecule has 5 nitrogen and oxygen atoms in total. The Balaban J connectivity index is 1.76. The number of aromatic amines is 1. The summed E-state index contributed by atoms with van der Waals surface area (Å²) in [5.41, 5.74) is 10.3. The largest absolute Gasteiger partial charge is 0.515 e. The first-order valence-corrected chi connectivity index (χ1v) is 13.1. The van der Waals surface area contributed by atoms with Crippen LogP contribution in [0.1, 0.15) is 64.8 Å². The van der Waals surface area contributed by atoms with Crippen molar-refractivity contribution in [1.82, 2.24) is 4.98 Å². The van der Waals surface area contributed by atoms with Crippen molar-refractivity contribution in [3.63, 3.8) is 0 Å². The summed E-state index contributed by atoms with van der Waals surface area (Å²) in [5.74, 6) is 0.707. The van der Waals surface area contributed by atoms with Gasteiger partial charge in [0.2, 0.25) is 0 Å². The van der Waals surface area contributed by atoms with Crippen LogP contribution in [0.25, 0.3) is 11.6 Å². The van der Waals surface area contributed by atoms with Gasteiger partial charge in [-0.2, -0.15) is 0 Å². The van der Waals surface area contributed by atoms with E-state index in [1.54, 1.807) is 0 Å². The predicted molar refractivity (Wildman–Crippen MR) is 151 cm³/mol. The fourth-order valence-corrected chi connectivity index (χ4v) is 5.52. The molecule has 0 saturated heterocycles. The number of aliphatic hydroxyl groups excluding tert-OH is 1. The van der Waals surface area contributed by atoms with E-state index in [-0.39, 0.29) is 0 Å². The number of hydrogen-bond acceptors (Lipinski definition) is 4. The molecule has 2 N–H and O–H groups in total. The van der Waals surface area contributed by atoms with Gasteiger partial charge in [0.25, 0.3) is 0 Å². The van der Waals surface area contributed by atoms with Gasteiger partial charge < -0.3 is 10.1 Å². The fraction of sp³-hybridized carbons (Fsp3) is 0.323. The Labute approximate surface area is 213 Å². The van der Waals surface area contributed by atoms with E-state index in [9.17, 15) is 5.11 Å². The van der Waals surface area contributed by atoms with Gasteiger partial charge in [-0.05, 0) is 92.2 Å². The smallest absolute Gasteiger partial charge is 0.0907 e. The van der Waals surface area contributed by atoms with Gasteiger partial charge in [0, 0.05) is 22.5 Å². The molecule has 8 bridgehead atoms. The van der Waals surface area contributed by atoms with Gasteiger partial charge in [0.1, 0.15) is 0 Å². The summed E-state index contributed by atoms with van der Waals surface area (Å²) in [4.78, 5) is 18.6. The van der Waals surface area contributed by atoms with Gasteiger partial charge in [0.15, 0.2) is 0 Å². The molecule has 0 spiro atoms. The SMILES string of the molecule is CCC(CC)C1=C2C=CC(=N2)/C(=C/O)C2=NC(=C(C(CC)CC)c3ccc([nH]3)C=C3C=CC1=N3)C=C2. The van der Waals surface area contributed by atoms with E-state index in [2.05, 4.69) is 69.1 Å². The zero-order chi connectivity index (χ0) is 25.2. The number of fused-ring (bicyclic) bond motifs is 5. The van der Waals surface area contributed by atoms with E-state index in [0.29, 0.717) is 17.4 Å². The molecule has 36 heavy (non-hydrogen) atoms. The summed E-state index contributed by atoms with van der Waals surface area (Å²) in [6.45, 7) is 8.86. The van der Waals surface area contributed by atoms with E-state index in [1.165, 1.54) is 5.57 Å². The third-order valence-corrected chi connectivity index (χ3v) is 7.54. The van der Waals surface area contributed by atoms with E-state index in [1.807, 2.05) is 18.2 Å². The number of H-pyrrole nitrogens is 1. The van der Waals surface area contributed by atoms with Crippen LogP contribution in [0.2, 0.25) is 0 Å². The highest BCUT2D eigenvalue weighted by Crippen LogP contribution is 2.36. The highest BCUT2D eigenvalue weighted by atomic mass is 16.2. The number of nitrogens with zero attached hydrogens (tertiary/aromatic N) is 3. The Hall–Kier alpha value is -3.73. The number of rotatable bonds is 6. The molecule has 0 radical (unpaired) electrons. The molecule has 5 heterocycles. The van der Waals surface area contributed by atoms with Crippen molar-refractivity contribution in [2.24, 2.45) is 26.8 Å². The Bertz CT molecular complexity index is 1370. The molecule has 0 aromatic carbocycles. The average molecular weight is 479 g/mol. The molecule has 1 aromatic heterocycles. The zero-order valence-corrected chi connectivity index (χ0v) is 21.5. The summed E-state index contributed by atoms with van der Waals surface area (Å²) in [5, 5.41) is 10.3. The molecule has 1 aromatic rings. The molecule has 5 rings (SSSR count). The summed E-state index contributed by atoms with van der Waals surface area (Å²) < 4.78 is 0. The minimum Gasteiger partial charge on any atom is -0.515 e. The topological polar surface area (TPSA) is 73.1 Å². The second-order valence-electron chi connectivity index (χ2n) is 9.56. The molecular formula is C31H34N4O. The van der Waals surface area contributed by atoms with Crippen LogP contribution in [0.5, 0.6) is 0 Å². The van der Waals surface area contributed by atoms with Gasteiger partial charge in [-0.1, -0.05) is 27.7 Å². The van der Waals surface area contributed by atoms with Crippen LogP contribution >= 0.6 is 0 Å². The highest BCUT2D eigenvalue weighted by molar-refractivity contribution is 6.33. The summed E-state index contributed by atoms with van der Waals surface area (Å²) >= 11 is 0. The van der Waals surface area contributed by atoms with Crippen molar-refractivity contribution in [3.05, 3.63) is 94.5 Å². The van der Waals surface area contributed by atoms with E-state index < -0.39 is 0 Å². The number of aromatic nitrogens is 1. The maximum atomic E-state index is 10.3. The highest BCUT2D eigenvalue weighted by Gasteiger charge is 2.26. The maximum absolute atomic E-state index is 10.3. The third kappa shape index (κ3) is 4.23. The lowest BCUT2D eigenvalue weighted by molar-refractivity contribution is 0.472. The van der Waals surface area contributed by atoms with E-state index in [4.69, 9.17) is 15.0 Å². The summed E-state index contributed by atoms with van der Waals surface area (Å²) in [6, 6.07) is 4.26. The molecule has 0 amide bonds. The molecule has 0 fully saturated rings. The molecule has 0 unspecified atom stereocenters. The first-order chi connectivity index (χ1) is 17.6. The molecule has 5 heteroatoms. The zero-order valence-electron chi connectivity index (χ0n) is 21.5. The Morgan fingerprint density at radius 2 is 1.31 bits per heavy atom. The van der Waals surface area contributed by atoms with Gasteiger partial charge in [-0.15, -0.1) is 0 Å². The van der Waals surface area contributed by atoms with Crippen LogP contribution in [0.15, 0.2) is 98.1 Å². The first kappa shape index (κ1) is 24.0. The minimum absolute atomic E-state index is 0.342. The fourth-order valence-electron chi connectivity index (χ4n) is 5.52. The van der Waals surface area contributed by atoms with Crippen molar-refractivity contribution in [2.45, 2.75) is 53.4 Å². The van der Waals surface area contributed by atoms with Crippen LogP contribution in [0.4, 0.5) is 0 Å². The predicted octanol–water partition coefficient (Wildman–Crippen LogP) is 7.68. The van der Waals surface area contributed by atoms with Crippen molar-refractivity contribution in [1.29, 1.82) is 0 Å². The molecule has 0 atom stereocenters. The van der Waals surface area contributed by atoms with Crippen LogP contribution in [-0.2, 0) is 0 Å². The third-order valence-electron chi connectivity index (χ3n) is 7.54. The van der Waals surface area contributed by atoms with E-state index in [0.717, 1.165) is 83.1 Å². The Kier molecular flexibility index (Phi) is 6.73. The molecule has 4 aliphatic rings. The second-order valence-corrected chi connectivity index (χ2v) is 9.56. The normalized spacial score (nSPS) is 19.8. The lowest BCUT2D eigenvalue weighted by Crippen LogP contribution is -2.12. The molecule has 0 aliphatic carbocycles. The molecule has 4 aliphatic heterocycles. The Morgan fingerprint density at radius 1 is 0.722 bits per heavy atom. The lowest BCUT2D eigenvalue weighted by atomic mass is 9.88. The van der Waals surface area contributed by atoms with Crippen molar-refractivity contribution >= 4 is 28.8 Å². The first-order valence-electron chi connectivity index (χ1n) is 13.1. The average Bonchev–Trinajstić information content (AvgIpc) is 3.70. The van der Waals surface area contributed by atoms with Crippen LogP contribution in [0.3, 0.4) is 0 Å². The molecular weight excluding hydrogens is 444 g/mol. The number of nitrogens with one attached hydrogen (secondary N) is 1. The van der Waals surface area contributed by atoms with Crippen molar-refractivity contribution in [3.8, 4) is 0 Å². The summed E-state index contributed by atoms with van der Waals surface area (Å²) in [6.07, 6.45) is 19.5. The number of allylic oxidation sites excluding steroid dienone is 9. The molecule has 184 valence electrons. The van der Waals surface area contributed by atoms with Crippen molar-refractivity contribution < 1.29 is 5.11 Å². The van der Waals surface area contributed by atoms with Gasteiger partial charge in [0.05, 0.1) is 46.1 Å².